The highest BCUT2D eigenvalue weighted by Gasteiger charge is 2.14. The molecule has 0 aliphatic heterocycles. The molecule has 2 rings (SSSR count). The topological polar surface area (TPSA) is 118 Å². The lowest BCUT2D eigenvalue weighted by Gasteiger charge is -1.91. The van der Waals surface area contributed by atoms with Crippen LogP contribution in [-0.4, -0.2) is 31.2 Å². The molecule has 7 nitrogen and oxygen atoms in total. The van der Waals surface area contributed by atoms with Gasteiger partial charge in [0, 0.05) is 0 Å². The standard InChI is InChI=1S/C6H5N5O2/c7-5-3-2(8-1-9-5)4(6(12)13)11-10-3/h1H,(H,10,11)(H,12,13)(H2,7,8,9). The lowest BCUT2D eigenvalue weighted by atomic mass is 10.3. The van der Waals surface area contributed by atoms with E-state index in [4.69, 9.17) is 10.8 Å². The molecule has 0 amide bonds. The Morgan fingerprint density at radius 1 is 1.46 bits per heavy atom. The number of anilines is 1. The minimum absolute atomic E-state index is 0.0795. The molecule has 2 heterocycles. The van der Waals surface area contributed by atoms with E-state index in [1.165, 1.54) is 6.33 Å². The van der Waals surface area contributed by atoms with Crippen molar-refractivity contribution in [1.82, 2.24) is 20.2 Å². The van der Waals surface area contributed by atoms with Crippen molar-refractivity contribution in [3.8, 4) is 0 Å². The van der Waals surface area contributed by atoms with Crippen molar-refractivity contribution in [2.75, 3.05) is 5.73 Å². The van der Waals surface area contributed by atoms with Gasteiger partial charge >= 0.3 is 5.97 Å². The summed E-state index contributed by atoms with van der Waals surface area (Å²) in [5.74, 6) is -0.964. The lowest BCUT2D eigenvalue weighted by Crippen LogP contribution is -1.98. The molecule has 0 aromatic carbocycles. The summed E-state index contributed by atoms with van der Waals surface area (Å²) in [7, 11) is 0. The summed E-state index contributed by atoms with van der Waals surface area (Å²) in [5, 5.41) is 14.7. The summed E-state index contributed by atoms with van der Waals surface area (Å²) in [6, 6.07) is 0. The van der Waals surface area contributed by atoms with Crippen LogP contribution in [0.15, 0.2) is 6.33 Å². The zero-order valence-corrected chi connectivity index (χ0v) is 6.35. The van der Waals surface area contributed by atoms with Crippen LogP contribution in [-0.2, 0) is 0 Å². The van der Waals surface area contributed by atoms with Crippen molar-refractivity contribution >= 4 is 22.8 Å². The number of nitrogens with zero attached hydrogens (tertiary/aromatic N) is 3. The van der Waals surface area contributed by atoms with Gasteiger partial charge in [-0.15, -0.1) is 0 Å². The van der Waals surface area contributed by atoms with Crippen molar-refractivity contribution in [2.45, 2.75) is 0 Å². The smallest absolute Gasteiger partial charge is 0.356 e. The van der Waals surface area contributed by atoms with Crippen LogP contribution in [0.5, 0.6) is 0 Å². The van der Waals surface area contributed by atoms with Crippen molar-refractivity contribution in [1.29, 1.82) is 0 Å². The SMILES string of the molecule is Nc1ncnc2c(C(=O)O)[nH]nc12. The molecule has 2 aromatic heterocycles. The van der Waals surface area contributed by atoms with E-state index >= 15 is 0 Å². The first-order chi connectivity index (χ1) is 6.20. The van der Waals surface area contributed by atoms with Crippen molar-refractivity contribution < 1.29 is 9.90 Å². The highest BCUT2D eigenvalue weighted by molar-refractivity contribution is 6.01. The molecule has 66 valence electrons. The molecule has 0 unspecified atom stereocenters. The van der Waals surface area contributed by atoms with Gasteiger partial charge in [0.1, 0.15) is 11.8 Å². The number of carboxylic acids is 1. The fraction of sp³-hybridized carbons (Fsp3) is 0. The number of hydrogen-bond acceptors (Lipinski definition) is 5. The minimum Gasteiger partial charge on any atom is -0.476 e. The number of nitrogen functional groups attached to an aromatic ring is 1. The lowest BCUT2D eigenvalue weighted by molar-refractivity contribution is 0.0692. The Hall–Kier alpha value is -2.18. The van der Waals surface area contributed by atoms with Gasteiger partial charge in [0.2, 0.25) is 0 Å². The third-order valence-electron chi connectivity index (χ3n) is 1.58. The summed E-state index contributed by atoms with van der Waals surface area (Å²) < 4.78 is 0. The van der Waals surface area contributed by atoms with Crippen LogP contribution in [0, 0.1) is 0 Å². The molecule has 0 saturated carbocycles. The van der Waals surface area contributed by atoms with E-state index in [2.05, 4.69) is 20.2 Å². The van der Waals surface area contributed by atoms with Crippen LogP contribution < -0.4 is 5.73 Å². The number of nitrogens with one attached hydrogen (secondary N) is 1. The predicted molar refractivity (Wildman–Crippen MR) is 43.1 cm³/mol. The molecule has 0 spiro atoms. The van der Waals surface area contributed by atoms with E-state index in [9.17, 15) is 4.79 Å². The number of H-pyrrole nitrogens is 1. The molecular formula is C6H5N5O2. The first kappa shape index (κ1) is 7.47. The first-order valence-electron chi connectivity index (χ1n) is 3.38. The maximum absolute atomic E-state index is 10.6. The third-order valence-corrected chi connectivity index (χ3v) is 1.58. The second kappa shape index (κ2) is 2.41. The number of fused-ring (bicyclic) bond motifs is 1. The normalized spacial score (nSPS) is 10.5. The van der Waals surface area contributed by atoms with E-state index in [0.717, 1.165) is 0 Å². The fourth-order valence-corrected chi connectivity index (χ4v) is 0.999. The molecular weight excluding hydrogens is 174 g/mol. The zero-order chi connectivity index (χ0) is 9.42. The molecule has 0 bridgehead atoms. The van der Waals surface area contributed by atoms with Gasteiger partial charge in [-0.1, -0.05) is 0 Å². The van der Waals surface area contributed by atoms with Gasteiger partial charge in [-0.2, -0.15) is 5.10 Å². The highest BCUT2D eigenvalue weighted by Crippen LogP contribution is 2.15. The maximum Gasteiger partial charge on any atom is 0.356 e. The summed E-state index contributed by atoms with van der Waals surface area (Å²) >= 11 is 0. The van der Waals surface area contributed by atoms with E-state index in [1.807, 2.05) is 0 Å². The number of aromatic amines is 1. The van der Waals surface area contributed by atoms with Gasteiger partial charge in [0.15, 0.2) is 17.0 Å². The monoisotopic (exact) mass is 179 g/mol. The summed E-state index contributed by atoms with van der Waals surface area (Å²) in [4.78, 5) is 18.0. The van der Waals surface area contributed by atoms with Crippen LogP contribution >= 0.6 is 0 Å². The average molecular weight is 179 g/mol. The molecule has 0 atom stereocenters. The third kappa shape index (κ3) is 0.975. The number of aromatic carboxylic acids is 1. The van der Waals surface area contributed by atoms with Crippen LogP contribution in [0.1, 0.15) is 10.5 Å². The predicted octanol–water partition coefficient (Wildman–Crippen LogP) is -0.367. The van der Waals surface area contributed by atoms with Gasteiger partial charge in [-0.25, -0.2) is 14.8 Å². The number of rotatable bonds is 1. The molecule has 0 fully saturated rings. The Kier molecular flexibility index (Phi) is 1.38. The summed E-state index contributed by atoms with van der Waals surface area (Å²) in [6.45, 7) is 0. The van der Waals surface area contributed by atoms with E-state index in [0.29, 0.717) is 0 Å². The van der Waals surface area contributed by atoms with Gasteiger partial charge < -0.3 is 10.8 Å². The Morgan fingerprint density at radius 3 is 2.92 bits per heavy atom. The quantitative estimate of drug-likeness (QED) is 0.549. The van der Waals surface area contributed by atoms with E-state index < -0.39 is 5.97 Å². The second-order valence-corrected chi connectivity index (χ2v) is 2.36. The van der Waals surface area contributed by atoms with E-state index in [-0.39, 0.29) is 22.5 Å². The molecule has 0 aliphatic carbocycles. The number of carboxylic acid groups (broad SMARTS) is 1. The Bertz CT molecular complexity index is 477. The second-order valence-electron chi connectivity index (χ2n) is 2.36. The van der Waals surface area contributed by atoms with Gasteiger partial charge in [0.25, 0.3) is 0 Å². The molecule has 0 aliphatic rings. The number of nitrogens with two attached hydrogens (primary N) is 1. The van der Waals surface area contributed by atoms with Crippen LogP contribution in [0.3, 0.4) is 0 Å². The molecule has 2 aromatic rings. The molecule has 0 saturated heterocycles. The van der Waals surface area contributed by atoms with Gasteiger partial charge in [-0.3, -0.25) is 5.10 Å². The van der Waals surface area contributed by atoms with Crippen molar-refractivity contribution in [3.05, 3.63) is 12.0 Å². The number of aromatic nitrogens is 4. The van der Waals surface area contributed by atoms with Gasteiger partial charge in [0.05, 0.1) is 0 Å². The maximum atomic E-state index is 10.6. The van der Waals surface area contributed by atoms with Crippen LogP contribution in [0.25, 0.3) is 11.0 Å². The van der Waals surface area contributed by atoms with Crippen molar-refractivity contribution in [3.63, 3.8) is 0 Å². The summed E-state index contributed by atoms with van der Waals surface area (Å²) in [5.41, 5.74) is 5.86. The minimum atomic E-state index is -1.12. The number of carbonyl (C=O) groups is 1. The zero-order valence-electron chi connectivity index (χ0n) is 6.35. The average Bonchev–Trinajstić information content (AvgIpc) is 2.48. The van der Waals surface area contributed by atoms with Gasteiger partial charge in [-0.05, 0) is 0 Å². The van der Waals surface area contributed by atoms with E-state index in [1.54, 1.807) is 0 Å². The highest BCUT2D eigenvalue weighted by atomic mass is 16.4. The summed E-state index contributed by atoms with van der Waals surface area (Å²) in [6.07, 6.45) is 1.19. The largest absolute Gasteiger partial charge is 0.476 e. The Balaban J connectivity index is 2.83. The Morgan fingerprint density at radius 2 is 2.23 bits per heavy atom. The van der Waals surface area contributed by atoms with Crippen molar-refractivity contribution in [2.24, 2.45) is 0 Å². The Labute approximate surface area is 71.6 Å². The molecule has 0 radical (unpaired) electrons. The molecule has 4 N–H and O–H groups in total. The molecule has 13 heavy (non-hydrogen) atoms. The van der Waals surface area contributed by atoms with Crippen LogP contribution in [0.2, 0.25) is 0 Å². The first-order valence-corrected chi connectivity index (χ1v) is 3.38. The fourth-order valence-electron chi connectivity index (χ4n) is 0.999. The number of hydrogen-bond donors (Lipinski definition) is 3. The van der Waals surface area contributed by atoms with Crippen LogP contribution in [0.4, 0.5) is 5.82 Å². The molecule has 7 heteroatoms.